The molecule has 0 atom stereocenters. The van der Waals surface area contributed by atoms with Crippen LogP contribution in [0.4, 0.5) is 5.69 Å². The summed E-state index contributed by atoms with van der Waals surface area (Å²) in [5.41, 5.74) is 8.03. The van der Waals surface area contributed by atoms with E-state index in [2.05, 4.69) is 11.4 Å². The summed E-state index contributed by atoms with van der Waals surface area (Å²) in [6, 6.07) is 6.94. The lowest BCUT2D eigenvalue weighted by Gasteiger charge is -2.13. The van der Waals surface area contributed by atoms with Gasteiger partial charge in [-0.15, -0.1) is 0 Å². The number of hydrogen-bond acceptors (Lipinski definition) is 3. The Bertz CT molecular complexity index is 386. The van der Waals surface area contributed by atoms with Crippen LogP contribution in [0.1, 0.15) is 38.7 Å². The smallest absolute Gasteiger partial charge is 0.142 e. The molecule has 0 bridgehead atoms. The number of benzene rings is 1. The molecule has 0 unspecified atom stereocenters. The van der Waals surface area contributed by atoms with Crippen LogP contribution in [0.5, 0.6) is 5.75 Å². The van der Waals surface area contributed by atoms with E-state index in [-0.39, 0.29) is 6.10 Å². The average molecular weight is 248 g/mol. The van der Waals surface area contributed by atoms with Crippen molar-refractivity contribution in [2.45, 2.75) is 51.7 Å². The normalized spacial score (nSPS) is 15.1. The fraction of sp³-hybridized carbons (Fsp3) is 0.600. The van der Waals surface area contributed by atoms with Gasteiger partial charge in [-0.3, -0.25) is 0 Å². The first kappa shape index (κ1) is 13.2. The van der Waals surface area contributed by atoms with Crippen molar-refractivity contribution in [1.82, 2.24) is 5.32 Å². The van der Waals surface area contributed by atoms with Gasteiger partial charge in [0.05, 0.1) is 11.8 Å². The highest BCUT2D eigenvalue weighted by Gasteiger charge is 2.19. The molecule has 1 fully saturated rings. The minimum Gasteiger partial charge on any atom is -0.489 e. The predicted molar refractivity (Wildman–Crippen MR) is 76.0 cm³/mol. The highest BCUT2D eigenvalue weighted by atomic mass is 16.5. The third-order valence-corrected chi connectivity index (χ3v) is 3.09. The number of anilines is 1. The maximum absolute atomic E-state index is 5.99. The minimum atomic E-state index is 0.167. The van der Waals surface area contributed by atoms with Crippen LogP contribution in [0.3, 0.4) is 0 Å². The summed E-state index contributed by atoms with van der Waals surface area (Å²) in [6.45, 7) is 5.13. The van der Waals surface area contributed by atoms with Crippen LogP contribution in [0.15, 0.2) is 18.2 Å². The Balaban J connectivity index is 1.79. The maximum Gasteiger partial charge on any atom is 0.142 e. The van der Waals surface area contributed by atoms with Crippen LogP contribution in [0, 0.1) is 0 Å². The number of hydrogen-bond donors (Lipinski definition) is 2. The van der Waals surface area contributed by atoms with Crippen LogP contribution in [-0.4, -0.2) is 18.7 Å². The average Bonchev–Trinajstić information content (AvgIpc) is 3.11. The van der Waals surface area contributed by atoms with Crippen LogP contribution in [-0.2, 0) is 6.42 Å². The highest BCUT2D eigenvalue weighted by Crippen LogP contribution is 2.24. The highest BCUT2D eigenvalue weighted by molar-refractivity contribution is 5.54. The van der Waals surface area contributed by atoms with E-state index < -0.39 is 0 Å². The third kappa shape index (κ3) is 4.22. The molecule has 0 saturated heterocycles. The monoisotopic (exact) mass is 248 g/mol. The molecule has 2 rings (SSSR count). The molecule has 3 nitrogen and oxygen atoms in total. The van der Waals surface area contributed by atoms with Crippen molar-refractivity contribution in [3.05, 3.63) is 23.8 Å². The lowest BCUT2D eigenvalue weighted by molar-refractivity contribution is 0.244. The van der Waals surface area contributed by atoms with Crippen molar-refractivity contribution >= 4 is 5.69 Å². The molecular formula is C15H24N2O. The minimum absolute atomic E-state index is 0.167. The van der Waals surface area contributed by atoms with E-state index in [1.165, 1.54) is 24.8 Å². The van der Waals surface area contributed by atoms with E-state index in [1.807, 2.05) is 26.0 Å². The van der Waals surface area contributed by atoms with E-state index in [0.717, 1.165) is 30.4 Å². The number of aryl methyl sites for hydroxylation is 1. The summed E-state index contributed by atoms with van der Waals surface area (Å²) >= 11 is 0. The van der Waals surface area contributed by atoms with E-state index in [9.17, 15) is 0 Å². The molecule has 0 heterocycles. The Hall–Kier alpha value is -1.22. The maximum atomic E-state index is 5.99. The zero-order valence-electron chi connectivity index (χ0n) is 11.4. The number of nitrogen functional groups attached to an aromatic ring is 1. The number of nitrogens with one attached hydrogen (secondary N) is 1. The molecule has 3 heteroatoms. The van der Waals surface area contributed by atoms with Crippen molar-refractivity contribution in [1.29, 1.82) is 0 Å². The van der Waals surface area contributed by atoms with Crippen LogP contribution in [0.25, 0.3) is 0 Å². The molecule has 0 spiro atoms. The Morgan fingerprint density at radius 1 is 1.39 bits per heavy atom. The van der Waals surface area contributed by atoms with Gasteiger partial charge < -0.3 is 15.8 Å². The third-order valence-electron chi connectivity index (χ3n) is 3.09. The van der Waals surface area contributed by atoms with Crippen molar-refractivity contribution in [3.63, 3.8) is 0 Å². The summed E-state index contributed by atoms with van der Waals surface area (Å²) in [4.78, 5) is 0. The number of ether oxygens (including phenoxy) is 1. The van der Waals surface area contributed by atoms with Crippen LogP contribution < -0.4 is 15.8 Å². The summed E-state index contributed by atoms with van der Waals surface area (Å²) in [7, 11) is 0. The Morgan fingerprint density at radius 3 is 2.78 bits per heavy atom. The van der Waals surface area contributed by atoms with Crippen LogP contribution >= 0.6 is 0 Å². The Morgan fingerprint density at radius 2 is 2.17 bits per heavy atom. The predicted octanol–water partition coefficient (Wildman–Crippen LogP) is 2.74. The van der Waals surface area contributed by atoms with Gasteiger partial charge >= 0.3 is 0 Å². The second-order valence-electron chi connectivity index (χ2n) is 5.37. The largest absolute Gasteiger partial charge is 0.489 e. The summed E-state index contributed by atoms with van der Waals surface area (Å²) < 4.78 is 5.63. The number of rotatable bonds is 7. The van der Waals surface area contributed by atoms with Gasteiger partial charge in [0.2, 0.25) is 0 Å². The second-order valence-corrected chi connectivity index (χ2v) is 5.37. The van der Waals surface area contributed by atoms with Gasteiger partial charge in [-0.1, -0.05) is 6.07 Å². The first-order valence-electron chi connectivity index (χ1n) is 6.93. The molecule has 100 valence electrons. The standard InChI is InChI=1S/C15H24N2O/c1-11(2)18-15-8-5-12(10-14(15)16)4-3-9-17-13-6-7-13/h5,8,10-11,13,17H,3-4,6-7,9,16H2,1-2H3. The molecule has 0 radical (unpaired) electrons. The van der Waals surface area contributed by atoms with E-state index >= 15 is 0 Å². The topological polar surface area (TPSA) is 47.3 Å². The Kier molecular flexibility index (Phi) is 4.48. The SMILES string of the molecule is CC(C)Oc1ccc(CCCNC2CC2)cc1N. The molecule has 1 aromatic carbocycles. The van der Waals surface area contributed by atoms with E-state index in [0.29, 0.717) is 0 Å². The summed E-state index contributed by atoms with van der Waals surface area (Å²) in [6.07, 6.45) is 5.12. The van der Waals surface area contributed by atoms with Gasteiger partial charge in [0.1, 0.15) is 5.75 Å². The van der Waals surface area contributed by atoms with Crippen LogP contribution in [0.2, 0.25) is 0 Å². The summed E-state index contributed by atoms with van der Waals surface area (Å²) in [5, 5.41) is 3.52. The van der Waals surface area contributed by atoms with Gasteiger partial charge in [-0.25, -0.2) is 0 Å². The van der Waals surface area contributed by atoms with Gasteiger partial charge in [0.25, 0.3) is 0 Å². The van der Waals surface area contributed by atoms with Crippen molar-refractivity contribution in [2.75, 3.05) is 12.3 Å². The quantitative estimate of drug-likeness (QED) is 0.576. The fourth-order valence-corrected chi connectivity index (χ4v) is 2.00. The molecule has 1 aliphatic carbocycles. The fourth-order valence-electron chi connectivity index (χ4n) is 2.00. The van der Waals surface area contributed by atoms with Gasteiger partial charge in [0, 0.05) is 6.04 Å². The first-order valence-corrected chi connectivity index (χ1v) is 6.93. The van der Waals surface area contributed by atoms with Crippen molar-refractivity contribution in [3.8, 4) is 5.75 Å². The summed E-state index contributed by atoms with van der Waals surface area (Å²) in [5.74, 6) is 0.796. The van der Waals surface area contributed by atoms with Crippen molar-refractivity contribution < 1.29 is 4.74 Å². The molecule has 0 amide bonds. The lowest BCUT2D eigenvalue weighted by atomic mass is 10.1. The molecule has 18 heavy (non-hydrogen) atoms. The molecule has 0 aromatic heterocycles. The second kappa shape index (κ2) is 6.10. The number of nitrogens with two attached hydrogens (primary N) is 1. The molecule has 1 aromatic rings. The lowest BCUT2D eigenvalue weighted by Crippen LogP contribution is -2.17. The molecule has 1 saturated carbocycles. The molecule has 1 aliphatic rings. The van der Waals surface area contributed by atoms with Gasteiger partial charge in [0.15, 0.2) is 0 Å². The van der Waals surface area contributed by atoms with E-state index in [1.54, 1.807) is 0 Å². The van der Waals surface area contributed by atoms with Gasteiger partial charge in [-0.05, 0) is 63.8 Å². The molecule has 3 N–H and O–H groups in total. The zero-order valence-corrected chi connectivity index (χ0v) is 11.4. The van der Waals surface area contributed by atoms with Gasteiger partial charge in [-0.2, -0.15) is 0 Å². The molecular weight excluding hydrogens is 224 g/mol. The van der Waals surface area contributed by atoms with Crippen molar-refractivity contribution in [2.24, 2.45) is 0 Å². The van der Waals surface area contributed by atoms with E-state index in [4.69, 9.17) is 10.5 Å². The zero-order chi connectivity index (χ0) is 13.0. The molecule has 0 aliphatic heterocycles. The Labute approximate surface area is 110 Å². The first-order chi connectivity index (χ1) is 8.65.